The van der Waals surface area contributed by atoms with Gasteiger partial charge in [-0.3, -0.25) is 4.79 Å². The second-order valence-corrected chi connectivity index (χ2v) is 8.95. The first-order chi connectivity index (χ1) is 12.4. The first kappa shape index (κ1) is 17.5. The van der Waals surface area contributed by atoms with Gasteiger partial charge < -0.3 is 4.74 Å². The second-order valence-electron chi connectivity index (χ2n) is 7.84. The van der Waals surface area contributed by atoms with Crippen molar-refractivity contribution in [1.29, 1.82) is 0 Å². The monoisotopic (exact) mass is 410 g/mol. The van der Waals surface area contributed by atoms with Crippen LogP contribution in [-0.4, -0.2) is 16.9 Å². The molecule has 0 unspecified atom stereocenters. The van der Waals surface area contributed by atoms with E-state index in [1.807, 2.05) is 12.1 Å². The van der Waals surface area contributed by atoms with E-state index in [4.69, 9.17) is 4.74 Å². The lowest BCUT2D eigenvalue weighted by Crippen LogP contribution is -2.38. The molecular formula is C23H23BrO2. The zero-order valence-electron chi connectivity index (χ0n) is 15.3. The predicted octanol–water partition coefficient (Wildman–Crippen LogP) is 5.72. The van der Waals surface area contributed by atoms with Gasteiger partial charge in [-0.05, 0) is 28.7 Å². The maximum atomic E-state index is 11.9. The van der Waals surface area contributed by atoms with Gasteiger partial charge in [-0.1, -0.05) is 90.4 Å². The number of ether oxygens (including phenoxy) is 1. The number of fused-ring (bicyclic) bond motifs is 2. The maximum absolute atomic E-state index is 11.9. The minimum absolute atomic E-state index is 0.178. The van der Waals surface area contributed by atoms with Crippen LogP contribution in [0.2, 0.25) is 0 Å². The molecule has 134 valence electrons. The number of carbonyl (C=O) groups excluding carboxylic acids is 1. The van der Waals surface area contributed by atoms with Gasteiger partial charge in [0.05, 0.1) is 0 Å². The molecule has 2 aromatic rings. The lowest BCUT2D eigenvalue weighted by molar-refractivity contribution is -0.152. The Morgan fingerprint density at radius 2 is 1.46 bits per heavy atom. The Hall–Kier alpha value is -1.87. The third-order valence-corrected chi connectivity index (χ3v) is 7.42. The highest BCUT2D eigenvalue weighted by Gasteiger charge is 2.68. The van der Waals surface area contributed by atoms with Gasteiger partial charge in [-0.15, -0.1) is 0 Å². The minimum Gasteiger partial charge on any atom is -0.461 e. The van der Waals surface area contributed by atoms with Gasteiger partial charge in [0, 0.05) is 22.6 Å². The molecule has 2 aliphatic carbocycles. The van der Waals surface area contributed by atoms with E-state index in [0.717, 1.165) is 6.42 Å². The highest BCUT2D eigenvalue weighted by atomic mass is 79.9. The molecule has 2 bridgehead atoms. The lowest BCUT2D eigenvalue weighted by atomic mass is 9.73. The smallest absolute Gasteiger partial charge is 0.302 e. The van der Waals surface area contributed by atoms with E-state index in [9.17, 15) is 4.79 Å². The number of rotatable bonds is 3. The average molecular weight is 411 g/mol. The van der Waals surface area contributed by atoms with Crippen LogP contribution in [0.5, 0.6) is 0 Å². The molecule has 0 N–H and O–H groups in total. The van der Waals surface area contributed by atoms with E-state index in [1.54, 1.807) is 0 Å². The van der Waals surface area contributed by atoms with Crippen molar-refractivity contribution in [2.45, 2.75) is 38.1 Å². The van der Waals surface area contributed by atoms with Gasteiger partial charge in [0.25, 0.3) is 0 Å². The quantitative estimate of drug-likeness (QED) is 0.477. The van der Waals surface area contributed by atoms with Crippen molar-refractivity contribution in [3.8, 4) is 0 Å². The summed E-state index contributed by atoms with van der Waals surface area (Å²) in [5.74, 6) is -0.212. The summed E-state index contributed by atoms with van der Waals surface area (Å²) in [6.07, 6.45) is 0.768. The normalized spacial score (nSPS) is 32.8. The van der Waals surface area contributed by atoms with Crippen LogP contribution >= 0.6 is 15.9 Å². The molecule has 0 amide bonds. The van der Waals surface area contributed by atoms with Gasteiger partial charge in [0.2, 0.25) is 0 Å². The molecule has 0 aromatic heterocycles. The van der Waals surface area contributed by atoms with Crippen molar-refractivity contribution < 1.29 is 9.53 Å². The van der Waals surface area contributed by atoms with Gasteiger partial charge in [0.15, 0.2) is 0 Å². The van der Waals surface area contributed by atoms with Crippen LogP contribution in [0.4, 0.5) is 0 Å². The number of carbonyl (C=O) groups is 1. The first-order valence-electron chi connectivity index (χ1n) is 9.06. The van der Waals surface area contributed by atoms with Gasteiger partial charge >= 0.3 is 5.97 Å². The van der Waals surface area contributed by atoms with Crippen molar-refractivity contribution >= 4 is 33.0 Å². The van der Waals surface area contributed by atoms with E-state index in [0.29, 0.717) is 0 Å². The molecule has 1 saturated carbocycles. The van der Waals surface area contributed by atoms with Crippen molar-refractivity contribution in [1.82, 2.24) is 0 Å². The second kappa shape index (κ2) is 6.09. The zero-order chi connectivity index (χ0) is 18.5. The Labute approximate surface area is 163 Å². The van der Waals surface area contributed by atoms with E-state index in [1.165, 1.54) is 29.2 Å². The van der Waals surface area contributed by atoms with Crippen LogP contribution in [0.3, 0.4) is 0 Å². The van der Waals surface area contributed by atoms with Crippen LogP contribution in [0, 0.1) is 10.8 Å². The van der Waals surface area contributed by atoms with E-state index in [2.05, 4.69) is 78.3 Å². The highest BCUT2D eigenvalue weighted by Crippen LogP contribution is 2.71. The number of hydrogen-bond donors (Lipinski definition) is 0. The molecule has 2 aliphatic rings. The maximum Gasteiger partial charge on any atom is 0.302 e. The molecule has 3 heteroatoms. The molecule has 0 saturated heterocycles. The van der Waals surface area contributed by atoms with Crippen molar-refractivity contribution in [3.05, 3.63) is 71.8 Å². The summed E-state index contributed by atoms with van der Waals surface area (Å²) in [5.41, 5.74) is 4.54. The van der Waals surface area contributed by atoms with Crippen LogP contribution < -0.4 is 0 Å². The molecule has 1 fully saturated rings. The number of esters is 1. The average Bonchev–Trinajstić information content (AvgIpc) is 2.93. The fraction of sp³-hybridized carbons (Fsp3) is 0.348. The molecule has 0 heterocycles. The minimum atomic E-state index is -0.271. The lowest BCUT2D eigenvalue weighted by Gasteiger charge is -2.34. The van der Waals surface area contributed by atoms with Gasteiger partial charge in [0.1, 0.15) is 6.10 Å². The van der Waals surface area contributed by atoms with E-state index in [-0.39, 0.29) is 27.7 Å². The largest absolute Gasteiger partial charge is 0.461 e. The topological polar surface area (TPSA) is 26.3 Å². The molecular weight excluding hydrogens is 388 g/mol. The van der Waals surface area contributed by atoms with Crippen LogP contribution in [0.25, 0.3) is 11.1 Å². The molecule has 0 spiro atoms. The number of hydrogen-bond acceptors (Lipinski definition) is 2. The third kappa shape index (κ3) is 2.33. The Kier molecular flexibility index (Phi) is 4.11. The van der Waals surface area contributed by atoms with Gasteiger partial charge in [-0.2, -0.15) is 0 Å². The Balaban J connectivity index is 2.02. The fourth-order valence-electron chi connectivity index (χ4n) is 5.15. The summed E-state index contributed by atoms with van der Waals surface area (Å²) in [6, 6.07) is 21.1. The third-order valence-electron chi connectivity index (χ3n) is 6.15. The Morgan fingerprint density at radius 1 is 0.962 bits per heavy atom. The zero-order valence-corrected chi connectivity index (χ0v) is 16.9. The van der Waals surface area contributed by atoms with E-state index < -0.39 is 0 Å². The standard InChI is InChI=1S/C23H23BrO2/c1-15(25)26-21-22(2)14-18(24)23(21,3)20(17-12-8-5-9-13-17)19(22)16-10-6-4-7-11-16/h4-13,18,21H,14H2,1-3H3/t18-,21-,22-,23+/m0/s1. The molecule has 4 rings (SSSR count). The van der Waals surface area contributed by atoms with Crippen molar-refractivity contribution in [2.24, 2.45) is 10.8 Å². The summed E-state index contributed by atoms with van der Waals surface area (Å²) in [4.78, 5) is 12.2. The molecule has 4 atom stereocenters. The molecule has 2 aromatic carbocycles. The van der Waals surface area contributed by atoms with E-state index >= 15 is 0 Å². The predicted molar refractivity (Wildman–Crippen MR) is 109 cm³/mol. The Morgan fingerprint density at radius 3 is 1.96 bits per heavy atom. The van der Waals surface area contributed by atoms with Crippen LogP contribution in [-0.2, 0) is 9.53 Å². The van der Waals surface area contributed by atoms with Gasteiger partial charge in [-0.25, -0.2) is 0 Å². The first-order valence-corrected chi connectivity index (χ1v) is 9.98. The van der Waals surface area contributed by atoms with Crippen molar-refractivity contribution in [3.63, 3.8) is 0 Å². The summed E-state index contributed by atoms with van der Waals surface area (Å²) in [7, 11) is 0. The molecule has 26 heavy (non-hydrogen) atoms. The summed E-state index contributed by atoms with van der Waals surface area (Å²) in [6.45, 7) is 6.00. The highest BCUT2D eigenvalue weighted by molar-refractivity contribution is 9.09. The van der Waals surface area contributed by atoms with Crippen molar-refractivity contribution in [2.75, 3.05) is 0 Å². The fourth-order valence-corrected chi connectivity index (χ4v) is 6.29. The number of alkyl halides is 1. The van der Waals surface area contributed by atoms with Crippen LogP contribution in [0.1, 0.15) is 38.3 Å². The summed E-state index contributed by atoms with van der Waals surface area (Å²) >= 11 is 3.93. The molecule has 0 radical (unpaired) electrons. The van der Waals surface area contributed by atoms with Crippen LogP contribution in [0.15, 0.2) is 60.7 Å². The summed E-state index contributed by atoms with van der Waals surface area (Å²) < 4.78 is 5.97. The summed E-state index contributed by atoms with van der Waals surface area (Å²) in [5, 5.41) is 0. The SMILES string of the molecule is CC(=O)O[C@@H]1[C@@]2(C)C(c3ccccc3)=C(c3ccccc3)[C@]1(C)C[C@@H]2Br. The molecule has 0 aliphatic heterocycles. The number of halogens is 1. The Bertz CT molecular complexity index is 874. The molecule has 2 nitrogen and oxygen atoms in total. The number of benzene rings is 2.